The lowest BCUT2D eigenvalue weighted by molar-refractivity contribution is -0.131. The van der Waals surface area contributed by atoms with Gasteiger partial charge in [0, 0.05) is 54.9 Å². The van der Waals surface area contributed by atoms with Crippen LogP contribution in [0.5, 0.6) is 0 Å². The van der Waals surface area contributed by atoms with Gasteiger partial charge in [-0.3, -0.25) is 9.59 Å². The van der Waals surface area contributed by atoms with Crippen molar-refractivity contribution in [2.45, 2.75) is 32.1 Å². The minimum absolute atomic E-state index is 0.126. The van der Waals surface area contributed by atoms with Crippen molar-refractivity contribution in [3.05, 3.63) is 88.5 Å². The number of benzene rings is 2. The zero-order valence-electron chi connectivity index (χ0n) is 21.8. The van der Waals surface area contributed by atoms with Crippen LogP contribution in [0.25, 0.3) is 16.1 Å². The Morgan fingerprint density at radius 2 is 1.65 bits per heavy atom. The highest BCUT2D eigenvalue weighted by molar-refractivity contribution is 7.17. The van der Waals surface area contributed by atoms with Crippen LogP contribution in [0, 0.1) is 6.92 Å². The number of allylic oxidation sites excluding steroid dienone is 1. The maximum atomic E-state index is 15.6. The Morgan fingerprint density at radius 1 is 0.975 bits per heavy atom. The fourth-order valence-corrected chi connectivity index (χ4v) is 6.03. The molecule has 1 fully saturated rings. The van der Waals surface area contributed by atoms with Crippen molar-refractivity contribution < 1.29 is 28.3 Å². The molecule has 3 aromatic rings. The molecule has 2 aliphatic rings. The van der Waals surface area contributed by atoms with Crippen LogP contribution in [0.15, 0.2) is 72.3 Å². The summed E-state index contributed by atoms with van der Waals surface area (Å²) < 4.78 is 31.2. The molecule has 0 atom stereocenters. The molecular weight excluding hydrogens is 536 g/mol. The second-order valence-electron chi connectivity index (χ2n) is 9.75. The van der Waals surface area contributed by atoms with E-state index in [0.29, 0.717) is 39.7 Å². The zero-order chi connectivity index (χ0) is 28.4. The number of carboxylic acid groups (broad SMARTS) is 1. The first-order valence-corrected chi connectivity index (χ1v) is 13.7. The molecule has 40 heavy (non-hydrogen) atoms. The van der Waals surface area contributed by atoms with E-state index in [1.807, 2.05) is 30.3 Å². The van der Waals surface area contributed by atoms with Crippen LogP contribution in [0.3, 0.4) is 0 Å². The smallest absolute Gasteiger partial charge is 0.328 e. The SMILES string of the molecule is Cc1nc(-c2ccccc2)sc1C(=O)N1CCC(F)(F)/C(=C\C(=O)N2CCC(=CC(=O)O)CC2)c2ccccc21. The lowest BCUT2D eigenvalue weighted by Crippen LogP contribution is -2.36. The number of thiazole rings is 1. The highest BCUT2D eigenvalue weighted by atomic mass is 32.1. The van der Waals surface area contributed by atoms with Gasteiger partial charge < -0.3 is 14.9 Å². The number of nitrogens with zero attached hydrogens (tertiary/aromatic N) is 3. The molecule has 0 bridgehead atoms. The molecule has 2 amide bonds. The number of alkyl halides is 2. The monoisotopic (exact) mass is 563 g/mol. The van der Waals surface area contributed by atoms with Crippen LogP contribution in [-0.2, 0) is 9.59 Å². The third-order valence-electron chi connectivity index (χ3n) is 7.10. The summed E-state index contributed by atoms with van der Waals surface area (Å²) in [4.78, 5) is 45.6. The van der Waals surface area contributed by atoms with E-state index < -0.39 is 35.7 Å². The molecule has 7 nitrogen and oxygen atoms in total. The van der Waals surface area contributed by atoms with Crippen molar-refractivity contribution >= 4 is 40.4 Å². The molecule has 3 heterocycles. The Labute approximate surface area is 234 Å². The van der Waals surface area contributed by atoms with Crippen LogP contribution in [0.1, 0.15) is 40.2 Å². The Balaban J connectivity index is 1.46. The minimum Gasteiger partial charge on any atom is -0.478 e. The Kier molecular flexibility index (Phi) is 7.62. The predicted molar refractivity (Wildman–Crippen MR) is 149 cm³/mol. The molecule has 10 heteroatoms. The number of likely N-dealkylation sites (tertiary alicyclic amines) is 1. The number of piperidine rings is 1. The third kappa shape index (κ3) is 5.58. The molecule has 2 aliphatic heterocycles. The summed E-state index contributed by atoms with van der Waals surface area (Å²) in [6, 6.07) is 15.9. The van der Waals surface area contributed by atoms with E-state index in [1.54, 1.807) is 25.1 Å². The number of carbonyl (C=O) groups is 3. The van der Waals surface area contributed by atoms with Gasteiger partial charge in [0.15, 0.2) is 0 Å². The van der Waals surface area contributed by atoms with E-state index in [-0.39, 0.29) is 25.2 Å². The second kappa shape index (κ2) is 11.1. The summed E-state index contributed by atoms with van der Waals surface area (Å²) in [5, 5.41) is 9.63. The van der Waals surface area contributed by atoms with Crippen molar-refractivity contribution in [3.8, 4) is 10.6 Å². The third-order valence-corrected chi connectivity index (χ3v) is 8.29. The molecule has 5 rings (SSSR count). The average molecular weight is 564 g/mol. The van der Waals surface area contributed by atoms with Crippen LogP contribution in [0.4, 0.5) is 14.5 Å². The first-order chi connectivity index (χ1) is 19.1. The minimum atomic E-state index is -3.36. The number of hydrogen-bond acceptors (Lipinski definition) is 5. The lowest BCUT2D eigenvalue weighted by Gasteiger charge is -2.28. The molecule has 0 unspecified atom stereocenters. The molecule has 0 aliphatic carbocycles. The standard InChI is InChI=1S/C30H27F2N3O4S/c1-19-27(40-28(33-19)21-7-3-2-4-8-21)29(39)35-16-13-30(31,32)23(22-9-5-6-10-24(22)35)18-25(36)34-14-11-20(12-15-34)17-26(37)38/h2-10,17-18H,11-16H2,1H3,(H,37,38)/b23-18-. The maximum absolute atomic E-state index is 15.6. The molecule has 2 aromatic carbocycles. The number of carboxylic acids is 1. The zero-order valence-corrected chi connectivity index (χ0v) is 22.6. The second-order valence-corrected chi connectivity index (χ2v) is 10.8. The predicted octanol–water partition coefficient (Wildman–Crippen LogP) is 5.82. The van der Waals surface area contributed by atoms with Crippen molar-refractivity contribution in [3.63, 3.8) is 0 Å². The van der Waals surface area contributed by atoms with E-state index >= 15 is 8.78 Å². The summed E-state index contributed by atoms with van der Waals surface area (Å²) in [5.41, 5.74) is 2.10. The molecule has 1 saturated heterocycles. The molecule has 206 valence electrons. The van der Waals surface area contributed by atoms with E-state index in [1.165, 1.54) is 27.2 Å². The van der Waals surface area contributed by atoms with Gasteiger partial charge in [0.1, 0.15) is 9.88 Å². The number of amides is 2. The average Bonchev–Trinajstić information content (AvgIpc) is 3.29. The van der Waals surface area contributed by atoms with Gasteiger partial charge in [-0.25, -0.2) is 18.6 Å². The topological polar surface area (TPSA) is 90.8 Å². The fourth-order valence-electron chi connectivity index (χ4n) is 5.01. The van der Waals surface area contributed by atoms with Crippen LogP contribution in [-0.4, -0.2) is 58.3 Å². The highest BCUT2D eigenvalue weighted by Gasteiger charge is 2.42. The normalized spacial score (nSPS) is 17.8. The number of rotatable bonds is 4. The number of para-hydroxylation sites is 1. The Hall–Kier alpha value is -4.18. The number of hydrogen-bond donors (Lipinski definition) is 1. The van der Waals surface area contributed by atoms with Gasteiger partial charge in [-0.15, -0.1) is 11.3 Å². The molecule has 0 spiro atoms. The van der Waals surface area contributed by atoms with Crippen molar-refractivity contribution in [2.24, 2.45) is 0 Å². The number of aromatic nitrogens is 1. The van der Waals surface area contributed by atoms with Crippen molar-refractivity contribution in [1.82, 2.24) is 9.88 Å². The molecule has 1 N–H and O–H groups in total. The highest BCUT2D eigenvalue weighted by Crippen LogP contribution is 2.44. The maximum Gasteiger partial charge on any atom is 0.328 e. The summed E-state index contributed by atoms with van der Waals surface area (Å²) >= 11 is 1.22. The van der Waals surface area contributed by atoms with E-state index in [4.69, 9.17) is 5.11 Å². The number of aliphatic carboxylic acids is 1. The first-order valence-electron chi connectivity index (χ1n) is 12.9. The summed E-state index contributed by atoms with van der Waals surface area (Å²) in [7, 11) is 0. The van der Waals surface area contributed by atoms with Crippen LogP contribution >= 0.6 is 11.3 Å². The van der Waals surface area contributed by atoms with Gasteiger partial charge in [-0.2, -0.15) is 0 Å². The number of carbonyl (C=O) groups excluding carboxylic acids is 2. The molecule has 0 saturated carbocycles. The Morgan fingerprint density at radius 3 is 2.35 bits per heavy atom. The van der Waals surface area contributed by atoms with E-state index in [9.17, 15) is 14.4 Å². The molecule has 0 radical (unpaired) electrons. The first kappa shape index (κ1) is 27.4. The summed E-state index contributed by atoms with van der Waals surface area (Å²) in [6.07, 6.45) is 2.20. The van der Waals surface area contributed by atoms with Crippen LogP contribution in [0.2, 0.25) is 0 Å². The molecule has 1 aromatic heterocycles. The van der Waals surface area contributed by atoms with Crippen LogP contribution < -0.4 is 4.90 Å². The van der Waals surface area contributed by atoms with E-state index in [2.05, 4.69) is 4.98 Å². The number of halogens is 2. The van der Waals surface area contributed by atoms with Crippen molar-refractivity contribution in [1.29, 1.82) is 0 Å². The van der Waals surface area contributed by atoms with Gasteiger partial charge in [0.25, 0.3) is 11.8 Å². The number of anilines is 1. The van der Waals surface area contributed by atoms with Gasteiger partial charge in [0.2, 0.25) is 5.91 Å². The number of fused-ring (bicyclic) bond motifs is 1. The van der Waals surface area contributed by atoms with Gasteiger partial charge in [-0.05, 0) is 25.8 Å². The Bertz CT molecular complexity index is 1520. The summed E-state index contributed by atoms with van der Waals surface area (Å²) in [6.45, 7) is 1.98. The number of aryl methyl sites for hydroxylation is 1. The van der Waals surface area contributed by atoms with Gasteiger partial charge in [-0.1, -0.05) is 54.1 Å². The largest absolute Gasteiger partial charge is 0.478 e. The summed E-state index contributed by atoms with van der Waals surface area (Å²) in [5.74, 6) is -5.38. The van der Waals surface area contributed by atoms with Gasteiger partial charge in [0.05, 0.1) is 11.4 Å². The van der Waals surface area contributed by atoms with E-state index in [0.717, 1.165) is 17.7 Å². The van der Waals surface area contributed by atoms with Gasteiger partial charge >= 0.3 is 5.97 Å². The van der Waals surface area contributed by atoms with Crippen molar-refractivity contribution in [2.75, 3.05) is 24.5 Å². The lowest BCUT2D eigenvalue weighted by atomic mass is 9.96. The quantitative estimate of drug-likeness (QED) is 0.404. The fraction of sp³-hybridized carbons (Fsp3) is 0.267. The molecular formula is C30H27F2N3O4S.